The van der Waals surface area contributed by atoms with Gasteiger partial charge in [0.2, 0.25) is 10.0 Å². The van der Waals surface area contributed by atoms with Gasteiger partial charge in [0.1, 0.15) is 0 Å². The molecule has 0 saturated carbocycles. The number of likely N-dealkylation sites (N-methyl/N-ethyl adjacent to an activating group) is 1. The summed E-state index contributed by atoms with van der Waals surface area (Å²) in [5, 5.41) is 0.396. The van der Waals surface area contributed by atoms with Gasteiger partial charge in [-0.1, -0.05) is 11.6 Å². The SMILES string of the molecule is Cc1cc(S(=O)(=O)N(C)CC2CCCCO2)cc(N)c1Cl. The summed E-state index contributed by atoms with van der Waals surface area (Å²) in [6, 6.07) is 2.95. The van der Waals surface area contributed by atoms with Crippen LogP contribution in [0.2, 0.25) is 5.02 Å². The van der Waals surface area contributed by atoms with Crippen molar-refractivity contribution >= 4 is 27.3 Å². The van der Waals surface area contributed by atoms with Crippen LogP contribution in [0.1, 0.15) is 24.8 Å². The largest absolute Gasteiger partial charge is 0.397 e. The van der Waals surface area contributed by atoms with Crippen LogP contribution in [0.15, 0.2) is 17.0 Å². The van der Waals surface area contributed by atoms with Crippen LogP contribution >= 0.6 is 11.6 Å². The second-order valence-electron chi connectivity index (χ2n) is 5.42. The highest BCUT2D eigenvalue weighted by Gasteiger charge is 2.26. The first-order valence-electron chi connectivity index (χ1n) is 6.96. The number of ether oxygens (including phenoxy) is 1. The minimum Gasteiger partial charge on any atom is -0.397 e. The zero-order valence-electron chi connectivity index (χ0n) is 12.3. The van der Waals surface area contributed by atoms with Crippen LogP contribution in [0, 0.1) is 6.92 Å². The number of rotatable bonds is 4. The highest BCUT2D eigenvalue weighted by atomic mass is 35.5. The number of hydrogen-bond acceptors (Lipinski definition) is 4. The van der Waals surface area contributed by atoms with Crippen molar-refractivity contribution in [2.24, 2.45) is 0 Å². The molecule has 1 aliphatic rings. The molecular weight excluding hydrogens is 312 g/mol. The number of nitrogens with zero attached hydrogens (tertiary/aromatic N) is 1. The smallest absolute Gasteiger partial charge is 0.242 e. The Morgan fingerprint density at radius 2 is 2.14 bits per heavy atom. The summed E-state index contributed by atoms with van der Waals surface area (Å²) >= 11 is 5.98. The third-order valence-electron chi connectivity index (χ3n) is 3.70. The highest BCUT2D eigenvalue weighted by molar-refractivity contribution is 7.89. The molecule has 1 unspecified atom stereocenters. The van der Waals surface area contributed by atoms with Gasteiger partial charge in [-0.25, -0.2) is 8.42 Å². The van der Waals surface area contributed by atoms with Gasteiger partial charge >= 0.3 is 0 Å². The highest BCUT2D eigenvalue weighted by Crippen LogP contribution is 2.28. The van der Waals surface area contributed by atoms with Crippen molar-refractivity contribution in [3.63, 3.8) is 0 Å². The number of halogens is 1. The van der Waals surface area contributed by atoms with Gasteiger partial charge in [0.15, 0.2) is 0 Å². The van der Waals surface area contributed by atoms with E-state index < -0.39 is 10.0 Å². The Hall–Kier alpha value is -0.820. The average Bonchev–Trinajstić information content (AvgIpc) is 2.45. The van der Waals surface area contributed by atoms with Gasteiger partial charge in [0.05, 0.1) is 21.7 Å². The molecule has 2 rings (SSSR count). The Morgan fingerprint density at radius 1 is 1.43 bits per heavy atom. The topological polar surface area (TPSA) is 72.6 Å². The van der Waals surface area contributed by atoms with E-state index in [0.717, 1.165) is 19.3 Å². The van der Waals surface area contributed by atoms with E-state index in [1.807, 2.05) is 0 Å². The van der Waals surface area contributed by atoms with Crippen molar-refractivity contribution in [1.29, 1.82) is 0 Å². The van der Waals surface area contributed by atoms with Crippen LogP contribution < -0.4 is 5.73 Å². The Kier molecular flexibility index (Phi) is 5.14. The molecule has 0 amide bonds. The molecule has 1 fully saturated rings. The Morgan fingerprint density at radius 3 is 2.71 bits per heavy atom. The van der Waals surface area contributed by atoms with Crippen LogP contribution in [0.25, 0.3) is 0 Å². The maximum atomic E-state index is 12.6. The van der Waals surface area contributed by atoms with E-state index in [2.05, 4.69) is 0 Å². The lowest BCUT2D eigenvalue weighted by Gasteiger charge is -2.27. The van der Waals surface area contributed by atoms with E-state index in [1.165, 1.54) is 10.4 Å². The zero-order chi connectivity index (χ0) is 15.6. The molecule has 1 heterocycles. The maximum Gasteiger partial charge on any atom is 0.242 e. The number of benzene rings is 1. The third-order valence-corrected chi connectivity index (χ3v) is 6.02. The first-order valence-corrected chi connectivity index (χ1v) is 8.77. The second-order valence-corrected chi connectivity index (χ2v) is 7.84. The quantitative estimate of drug-likeness (QED) is 0.859. The molecule has 118 valence electrons. The van der Waals surface area contributed by atoms with E-state index >= 15 is 0 Å². The molecule has 2 N–H and O–H groups in total. The number of aryl methyl sites for hydroxylation is 1. The monoisotopic (exact) mass is 332 g/mol. The Balaban J connectivity index is 2.20. The van der Waals surface area contributed by atoms with Crippen LogP contribution in [0.3, 0.4) is 0 Å². The van der Waals surface area contributed by atoms with Gasteiger partial charge in [-0.05, 0) is 43.9 Å². The molecule has 21 heavy (non-hydrogen) atoms. The normalized spacial score (nSPS) is 19.9. The minimum absolute atomic E-state index is 0.0377. The molecule has 7 heteroatoms. The van der Waals surface area contributed by atoms with E-state index in [9.17, 15) is 8.42 Å². The Bertz CT molecular complexity index is 590. The zero-order valence-corrected chi connectivity index (χ0v) is 13.9. The molecule has 0 radical (unpaired) electrons. The first kappa shape index (κ1) is 16.5. The van der Waals surface area contributed by atoms with Gasteiger partial charge < -0.3 is 10.5 Å². The summed E-state index contributed by atoms with van der Waals surface area (Å²) in [5.74, 6) is 0. The summed E-state index contributed by atoms with van der Waals surface area (Å²) in [6.45, 7) is 2.79. The molecule has 0 aromatic heterocycles. The van der Waals surface area contributed by atoms with Crippen molar-refractivity contribution in [3.05, 3.63) is 22.7 Å². The van der Waals surface area contributed by atoms with Crippen molar-refractivity contribution in [2.45, 2.75) is 37.2 Å². The number of nitrogens with two attached hydrogens (primary N) is 1. The molecule has 0 spiro atoms. The lowest BCUT2D eigenvalue weighted by Crippen LogP contribution is -2.37. The van der Waals surface area contributed by atoms with Gasteiger partial charge in [-0.3, -0.25) is 0 Å². The number of hydrogen-bond donors (Lipinski definition) is 1. The summed E-state index contributed by atoms with van der Waals surface area (Å²) in [5.41, 5.74) is 6.69. The predicted octanol–water partition coefficient (Wildman–Crippen LogP) is 2.42. The van der Waals surface area contributed by atoms with E-state index in [4.69, 9.17) is 22.1 Å². The number of anilines is 1. The van der Waals surface area contributed by atoms with Crippen LogP contribution in [-0.4, -0.2) is 39.0 Å². The van der Waals surface area contributed by atoms with Crippen LogP contribution in [0.4, 0.5) is 5.69 Å². The van der Waals surface area contributed by atoms with E-state index in [-0.39, 0.29) is 16.7 Å². The fourth-order valence-electron chi connectivity index (χ4n) is 2.43. The van der Waals surface area contributed by atoms with Crippen molar-refractivity contribution in [2.75, 3.05) is 25.9 Å². The van der Waals surface area contributed by atoms with Crippen molar-refractivity contribution < 1.29 is 13.2 Å². The number of sulfonamides is 1. The van der Waals surface area contributed by atoms with Crippen molar-refractivity contribution in [3.8, 4) is 0 Å². The average molecular weight is 333 g/mol. The molecule has 1 aromatic rings. The summed E-state index contributed by atoms with van der Waals surface area (Å²) in [7, 11) is -2.02. The first-order chi connectivity index (χ1) is 9.82. The molecule has 5 nitrogen and oxygen atoms in total. The molecule has 0 bridgehead atoms. The summed E-state index contributed by atoms with van der Waals surface area (Å²) in [4.78, 5) is 0.167. The fourth-order valence-corrected chi connectivity index (χ4v) is 3.86. The molecule has 1 aromatic carbocycles. The summed E-state index contributed by atoms with van der Waals surface area (Å²) in [6.07, 6.45) is 2.97. The van der Waals surface area contributed by atoms with E-state index in [1.54, 1.807) is 20.0 Å². The second kappa shape index (κ2) is 6.52. The lowest BCUT2D eigenvalue weighted by molar-refractivity contribution is 0.00858. The minimum atomic E-state index is -3.59. The van der Waals surface area contributed by atoms with Gasteiger partial charge in [0.25, 0.3) is 0 Å². The molecule has 1 saturated heterocycles. The van der Waals surface area contributed by atoms with Gasteiger partial charge in [-0.15, -0.1) is 0 Å². The lowest BCUT2D eigenvalue weighted by atomic mass is 10.1. The molecule has 0 aliphatic carbocycles. The predicted molar refractivity (Wildman–Crippen MR) is 84.0 cm³/mol. The Labute approximate surface area is 131 Å². The summed E-state index contributed by atoms with van der Waals surface area (Å²) < 4.78 is 32.1. The molecule has 1 aliphatic heterocycles. The standard InChI is InChI=1S/C14H21ClN2O3S/c1-10-7-12(8-13(16)14(10)15)21(18,19)17(2)9-11-5-3-4-6-20-11/h7-8,11H,3-6,9,16H2,1-2H3. The van der Waals surface area contributed by atoms with Gasteiger partial charge in [-0.2, -0.15) is 4.31 Å². The van der Waals surface area contributed by atoms with Crippen LogP contribution in [-0.2, 0) is 14.8 Å². The fraction of sp³-hybridized carbons (Fsp3) is 0.571. The maximum absolute atomic E-state index is 12.6. The van der Waals surface area contributed by atoms with Crippen molar-refractivity contribution in [1.82, 2.24) is 4.31 Å². The van der Waals surface area contributed by atoms with Gasteiger partial charge in [0, 0.05) is 20.2 Å². The molecular formula is C14H21ClN2O3S. The molecule has 1 atom stereocenters. The number of nitrogen functional groups attached to an aromatic ring is 1. The van der Waals surface area contributed by atoms with E-state index in [0.29, 0.717) is 23.7 Å². The van der Waals surface area contributed by atoms with Crippen LogP contribution in [0.5, 0.6) is 0 Å². The third kappa shape index (κ3) is 3.69.